The van der Waals surface area contributed by atoms with Gasteiger partial charge >= 0.3 is 12.7 Å². The quantitative estimate of drug-likeness (QED) is 0.113. The van der Waals surface area contributed by atoms with Crippen molar-refractivity contribution >= 4 is 35.0 Å². The number of hydrogen-bond acceptors (Lipinski definition) is 7. The highest BCUT2D eigenvalue weighted by atomic mass is 35.5. The number of hydrogen-bond donors (Lipinski definition) is 2. The Morgan fingerprint density at radius 2 is 1.80 bits per heavy atom. The maximum absolute atomic E-state index is 13.0. The summed E-state index contributed by atoms with van der Waals surface area (Å²) in [7, 11) is 0. The molecule has 1 atom stereocenters. The number of nitro groups is 1. The summed E-state index contributed by atoms with van der Waals surface area (Å²) >= 11 is 12.6. The third-order valence-corrected chi connectivity index (χ3v) is 6.67. The van der Waals surface area contributed by atoms with Gasteiger partial charge in [0.1, 0.15) is 16.1 Å². The van der Waals surface area contributed by atoms with Gasteiger partial charge in [0.2, 0.25) is 12.4 Å². The van der Waals surface area contributed by atoms with E-state index in [-0.39, 0.29) is 40.2 Å². The molecule has 1 aliphatic carbocycles. The van der Waals surface area contributed by atoms with Crippen molar-refractivity contribution in [3.8, 4) is 11.5 Å². The zero-order chi connectivity index (χ0) is 28.8. The summed E-state index contributed by atoms with van der Waals surface area (Å²) in [5, 5.41) is 23.3. The second-order valence-electron chi connectivity index (χ2n) is 9.03. The number of nitro benzene ring substituents is 1. The SMILES string of the molecule is O=C(NCc1ccc([N+](=O)[O-])cc1)O[C@@H](Cc1c(Cl)c[n+](O)cc1Cl)c1ccc(OC(F)F)c(OCC2CC2)c1. The van der Waals surface area contributed by atoms with E-state index in [2.05, 4.69) is 10.1 Å². The van der Waals surface area contributed by atoms with E-state index < -0.39 is 23.7 Å². The van der Waals surface area contributed by atoms with Crippen LogP contribution in [0.1, 0.15) is 35.6 Å². The Bertz CT molecular complexity index is 1350. The number of halogens is 4. The summed E-state index contributed by atoms with van der Waals surface area (Å²) in [4.78, 5) is 23.1. The maximum Gasteiger partial charge on any atom is 0.408 e. The highest BCUT2D eigenvalue weighted by molar-refractivity contribution is 6.35. The summed E-state index contributed by atoms with van der Waals surface area (Å²) in [5.41, 5.74) is 1.23. The topological polar surface area (TPSA) is 124 Å². The number of carbonyl (C=O) groups is 1. The van der Waals surface area contributed by atoms with Crippen LogP contribution in [0.3, 0.4) is 0 Å². The van der Waals surface area contributed by atoms with Gasteiger partial charge in [-0.15, -0.1) is 0 Å². The van der Waals surface area contributed by atoms with Gasteiger partial charge in [-0.2, -0.15) is 8.78 Å². The van der Waals surface area contributed by atoms with Crippen LogP contribution in [0.2, 0.25) is 10.0 Å². The lowest BCUT2D eigenvalue weighted by Crippen LogP contribution is -2.30. The second-order valence-corrected chi connectivity index (χ2v) is 9.84. The molecule has 1 aromatic heterocycles. The molecule has 2 N–H and O–H groups in total. The molecule has 1 heterocycles. The van der Waals surface area contributed by atoms with Crippen LogP contribution in [0.15, 0.2) is 54.9 Å². The van der Waals surface area contributed by atoms with E-state index in [4.69, 9.17) is 32.7 Å². The molecule has 0 aliphatic heterocycles. The third kappa shape index (κ3) is 8.06. The van der Waals surface area contributed by atoms with Crippen LogP contribution in [0.4, 0.5) is 19.3 Å². The van der Waals surface area contributed by atoms with Crippen molar-refractivity contribution in [3.05, 3.63) is 91.7 Å². The normalized spacial score (nSPS) is 13.5. The van der Waals surface area contributed by atoms with Gasteiger partial charge in [-0.25, -0.2) is 4.79 Å². The molecule has 0 spiro atoms. The van der Waals surface area contributed by atoms with Gasteiger partial charge in [-0.3, -0.25) is 15.3 Å². The summed E-state index contributed by atoms with van der Waals surface area (Å²) in [6, 6.07) is 9.81. The highest BCUT2D eigenvalue weighted by Gasteiger charge is 2.26. The van der Waals surface area contributed by atoms with E-state index >= 15 is 0 Å². The van der Waals surface area contributed by atoms with Crippen LogP contribution in [0.25, 0.3) is 0 Å². The number of non-ortho nitro benzene ring substituents is 1. The molecular weight excluding hydrogens is 575 g/mol. The van der Waals surface area contributed by atoms with Gasteiger partial charge < -0.3 is 19.5 Å². The number of alkyl halides is 2. The van der Waals surface area contributed by atoms with Crippen molar-refractivity contribution in [3.63, 3.8) is 0 Å². The van der Waals surface area contributed by atoms with Crippen LogP contribution in [0.5, 0.6) is 11.5 Å². The molecule has 0 radical (unpaired) electrons. The zero-order valence-corrected chi connectivity index (χ0v) is 22.3. The number of carbonyl (C=O) groups excluding carboxylic acids is 1. The molecule has 2 aromatic carbocycles. The highest BCUT2D eigenvalue weighted by Crippen LogP contribution is 2.37. The number of benzene rings is 2. The minimum Gasteiger partial charge on any atom is -0.489 e. The molecule has 1 amide bonds. The van der Waals surface area contributed by atoms with Crippen LogP contribution < -0.4 is 19.5 Å². The molecule has 3 aromatic rings. The summed E-state index contributed by atoms with van der Waals surface area (Å²) in [5.74, 6) is 0.216. The molecule has 0 unspecified atom stereocenters. The van der Waals surface area contributed by atoms with Crippen LogP contribution in [-0.4, -0.2) is 29.4 Å². The Morgan fingerprint density at radius 3 is 2.40 bits per heavy atom. The maximum atomic E-state index is 13.0. The first-order valence-corrected chi connectivity index (χ1v) is 12.8. The van der Waals surface area contributed by atoms with Crippen molar-refractivity contribution in [2.24, 2.45) is 5.92 Å². The lowest BCUT2D eigenvalue weighted by Gasteiger charge is -2.21. The van der Waals surface area contributed by atoms with Gasteiger partial charge in [-0.1, -0.05) is 41.4 Å². The molecule has 0 saturated heterocycles. The summed E-state index contributed by atoms with van der Waals surface area (Å²) in [6.45, 7) is -2.74. The Hall–Kier alpha value is -3.90. The Morgan fingerprint density at radius 1 is 1.12 bits per heavy atom. The summed E-state index contributed by atoms with van der Waals surface area (Å²) < 4.78 is 42.7. The van der Waals surface area contributed by atoms with Crippen LogP contribution in [-0.2, 0) is 17.7 Å². The van der Waals surface area contributed by atoms with Crippen molar-refractivity contribution in [2.75, 3.05) is 6.61 Å². The van der Waals surface area contributed by atoms with Crippen molar-refractivity contribution in [1.29, 1.82) is 0 Å². The number of ether oxygens (including phenoxy) is 3. The fourth-order valence-corrected chi connectivity index (χ4v) is 4.36. The lowest BCUT2D eigenvalue weighted by atomic mass is 10.0. The molecular formula is C26H24Cl2F2N3O7+. The molecule has 40 heavy (non-hydrogen) atoms. The van der Waals surface area contributed by atoms with Crippen molar-refractivity contribution in [1.82, 2.24) is 5.32 Å². The van der Waals surface area contributed by atoms with Gasteiger partial charge in [0.05, 0.1) is 11.5 Å². The fourth-order valence-electron chi connectivity index (χ4n) is 3.75. The van der Waals surface area contributed by atoms with Gasteiger partial charge in [0.25, 0.3) is 5.69 Å². The Labute approximate surface area is 237 Å². The standard InChI is InChI=1S/C26H23Cl2F2N3O7/c27-20-12-32(35)13-21(28)19(20)10-23(40-26(34)31-11-15-3-6-18(7-4-15)33(36)37)17-5-8-22(39-25(29)30)24(9-17)38-14-16-1-2-16/h3-9,12-13,16,23,25H,1-2,10-11,14H2,(H-,31,34,35)/p+1/t23-/m0/s1. The lowest BCUT2D eigenvalue weighted by molar-refractivity contribution is -0.904. The van der Waals surface area contributed by atoms with Gasteiger partial charge in [-0.05, 0) is 42.0 Å². The monoisotopic (exact) mass is 598 g/mol. The molecule has 10 nitrogen and oxygen atoms in total. The van der Waals surface area contributed by atoms with Crippen molar-refractivity contribution in [2.45, 2.75) is 38.5 Å². The number of aromatic nitrogens is 1. The number of nitrogens with zero attached hydrogens (tertiary/aromatic N) is 2. The minimum absolute atomic E-state index is 0.0117. The predicted octanol–water partition coefficient (Wildman–Crippen LogP) is 6.03. The first kappa shape index (κ1) is 29.1. The first-order valence-electron chi connectivity index (χ1n) is 12.1. The van der Waals surface area contributed by atoms with Crippen LogP contribution >= 0.6 is 23.2 Å². The molecule has 1 aliphatic rings. The third-order valence-electron chi connectivity index (χ3n) is 6.02. The van der Waals surface area contributed by atoms with E-state index in [0.717, 1.165) is 12.8 Å². The Balaban J connectivity index is 1.57. The smallest absolute Gasteiger partial charge is 0.408 e. The summed E-state index contributed by atoms with van der Waals surface area (Å²) in [6.07, 6.45) is 2.46. The molecule has 14 heteroatoms. The van der Waals surface area contributed by atoms with Crippen LogP contribution in [0, 0.1) is 16.0 Å². The number of pyridine rings is 1. The van der Waals surface area contributed by atoms with Crippen molar-refractivity contribution < 1.29 is 42.6 Å². The number of amides is 1. The molecule has 1 fully saturated rings. The molecule has 0 bridgehead atoms. The number of rotatable bonds is 12. The van der Waals surface area contributed by atoms with Gasteiger partial charge in [0, 0.05) is 35.4 Å². The minimum atomic E-state index is -3.07. The molecule has 212 valence electrons. The zero-order valence-electron chi connectivity index (χ0n) is 20.8. The van der Waals surface area contributed by atoms with E-state index in [9.17, 15) is 28.9 Å². The number of alkyl carbamates (subject to hydrolysis) is 1. The largest absolute Gasteiger partial charge is 0.489 e. The van der Waals surface area contributed by atoms with E-state index in [0.29, 0.717) is 33.9 Å². The fraction of sp³-hybridized carbons (Fsp3) is 0.308. The average Bonchev–Trinajstić information content (AvgIpc) is 3.73. The van der Waals surface area contributed by atoms with E-state index in [1.165, 1.54) is 54.9 Å². The average molecular weight is 599 g/mol. The predicted molar refractivity (Wildman–Crippen MR) is 138 cm³/mol. The molecule has 1 saturated carbocycles. The van der Waals surface area contributed by atoms with E-state index in [1.807, 2.05) is 0 Å². The number of nitrogens with one attached hydrogen (secondary N) is 1. The molecule has 4 rings (SSSR count). The Kier molecular flexibility index (Phi) is 9.43. The van der Waals surface area contributed by atoms with Gasteiger partial charge in [0.15, 0.2) is 11.5 Å². The first-order chi connectivity index (χ1) is 19.1. The van der Waals surface area contributed by atoms with E-state index in [1.54, 1.807) is 0 Å². The second kappa shape index (κ2) is 13.0.